The second-order valence-electron chi connectivity index (χ2n) is 7.27. The van der Waals surface area contributed by atoms with Crippen molar-refractivity contribution in [3.05, 3.63) is 30.1 Å². The fraction of sp³-hybridized carbons (Fsp3) is 0.579. The fourth-order valence-electron chi connectivity index (χ4n) is 4.22. The van der Waals surface area contributed by atoms with Gasteiger partial charge in [0.15, 0.2) is 0 Å². The van der Waals surface area contributed by atoms with Crippen LogP contribution in [0.2, 0.25) is 0 Å². The number of aryl methyl sites for hydroxylation is 1. The van der Waals surface area contributed by atoms with E-state index in [9.17, 15) is 9.18 Å². The molecule has 1 aliphatic heterocycles. The van der Waals surface area contributed by atoms with Crippen LogP contribution in [0.5, 0.6) is 0 Å². The van der Waals surface area contributed by atoms with Gasteiger partial charge in [0, 0.05) is 36.5 Å². The SMILES string of the molecule is CCC1C(NC(=O)CCCn2nnc(-c3ccc(F)cc3)n2)C2CCOC12. The van der Waals surface area contributed by atoms with Gasteiger partial charge < -0.3 is 10.1 Å². The zero-order chi connectivity index (χ0) is 18.8. The van der Waals surface area contributed by atoms with Crippen molar-refractivity contribution in [2.75, 3.05) is 6.61 Å². The summed E-state index contributed by atoms with van der Waals surface area (Å²) < 4.78 is 18.7. The maximum absolute atomic E-state index is 13.0. The van der Waals surface area contributed by atoms with Crippen LogP contribution in [-0.2, 0) is 16.1 Å². The Kier molecular flexibility index (Phi) is 5.15. The predicted octanol–water partition coefficient (Wildman–Crippen LogP) is 2.19. The molecule has 1 aromatic carbocycles. The average molecular weight is 373 g/mol. The van der Waals surface area contributed by atoms with Gasteiger partial charge in [-0.05, 0) is 48.7 Å². The van der Waals surface area contributed by atoms with E-state index in [2.05, 4.69) is 27.7 Å². The van der Waals surface area contributed by atoms with Crippen LogP contribution in [0.1, 0.15) is 32.6 Å². The van der Waals surface area contributed by atoms with Crippen molar-refractivity contribution in [1.29, 1.82) is 0 Å². The first-order valence-electron chi connectivity index (χ1n) is 9.60. The van der Waals surface area contributed by atoms with E-state index in [1.807, 2.05) is 0 Å². The molecule has 144 valence electrons. The van der Waals surface area contributed by atoms with Crippen molar-refractivity contribution < 1.29 is 13.9 Å². The second-order valence-corrected chi connectivity index (χ2v) is 7.27. The molecule has 1 N–H and O–H groups in total. The number of fused-ring (bicyclic) bond motifs is 1. The van der Waals surface area contributed by atoms with Crippen LogP contribution in [0.25, 0.3) is 11.4 Å². The lowest BCUT2D eigenvalue weighted by Crippen LogP contribution is -2.61. The summed E-state index contributed by atoms with van der Waals surface area (Å²) in [6, 6.07) is 6.22. The molecule has 2 aromatic rings. The predicted molar refractivity (Wildman–Crippen MR) is 96.0 cm³/mol. The number of halogens is 1. The molecule has 0 spiro atoms. The summed E-state index contributed by atoms with van der Waals surface area (Å²) in [6.07, 6.45) is 3.48. The first-order valence-corrected chi connectivity index (χ1v) is 9.60. The Morgan fingerprint density at radius 3 is 2.96 bits per heavy atom. The molecule has 4 rings (SSSR count). The standard InChI is InChI=1S/C19H24FN5O2/c1-2-14-17(15-9-11-27-18(14)15)21-16(26)4-3-10-25-23-19(22-24-25)12-5-7-13(20)8-6-12/h5-8,14-15,17-18H,2-4,9-11H2,1H3,(H,21,26). The summed E-state index contributed by atoms with van der Waals surface area (Å²) in [7, 11) is 0. The molecule has 2 aliphatic rings. The number of rotatable bonds is 7. The van der Waals surface area contributed by atoms with Gasteiger partial charge in [-0.3, -0.25) is 4.79 Å². The monoisotopic (exact) mass is 373 g/mol. The highest BCUT2D eigenvalue weighted by Crippen LogP contribution is 2.45. The van der Waals surface area contributed by atoms with E-state index in [0.717, 1.165) is 19.4 Å². The number of ether oxygens (including phenoxy) is 1. The molecule has 4 unspecified atom stereocenters. The third-order valence-corrected chi connectivity index (χ3v) is 5.64. The number of tetrazole rings is 1. The summed E-state index contributed by atoms with van der Waals surface area (Å²) >= 11 is 0. The van der Waals surface area contributed by atoms with Crippen molar-refractivity contribution in [3.63, 3.8) is 0 Å². The van der Waals surface area contributed by atoms with E-state index in [4.69, 9.17) is 4.74 Å². The lowest BCUT2D eigenvalue weighted by molar-refractivity contribution is -0.127. The van der Waals surface area contributed by atoms with Crippen LogP contribution in [0.15, 0.2) is 24.3 Å². The van der Waals surface area contributed by atoms with Gasteiger partial charge in [-0.2, -0.15) is 4.80 Å². The highest BCUT2D eigenvalue weighted by atomic mass is 19.1. The van der Waals surface area contributed by atoms with Crippen molar-refractivity contribution in [2.45, 2.75) is 51.3 Å². The topological polar surface area (TPSA) is 81.9 Å². The van der Waals surface area contributed by atoms with Gasteiger partial charge in [0.05, 0.1) is 12.6 Å². The van der Waals surface area contributed by atoms with E-state index in [1.165, 1.54) is 16.9 Å². The van der Waals surface area contributed by atoms with Crippen LogP contribution in [0.4, 0.5) is 4.39 Å². The largest absolute Gasteiger partial charge is 0.377 e. The number of benzene rings is 1. The molecule has 8 heteroatoms. The Labute approximate surface area is 157 Å². The molecule has 0 radical (unpaired) electrons. The molecule has 1 saturated carbocycles. The minimum absolute atomic E-state index is 0.0719. The van der Waals surface area contributed by atoms with Crippen LogP contribution in [0, 0.1) is 17.7 Å². The van der Waals surface area contributed by atoms with Crippen LogP contribution < -0.4 is 5.32 Å². The van der Waals surface area contributed by atoms with Crippen LogP contribution in [-0.4, -0.2) is 44.9 Å². The Hall–Kier alpha value is -2.35. The number of hydrogen-bond acceptors (Lipinski definition) is 5. The molecule has 27 heavy (non-hydrogen) atoms. The summed E-state index contributed by atoms with van der Waals surface area (Å²) in [5, 5.41) is 15.5. The smallest absolute Gasteiger partial charge is 0.220 e. The first-order chi connectivity index (χ1) is 13.2. The minimum atomic E-state index is -0.301. The summed E-state index contributed by atoms with van der Waals surface area (Å²) in [5.41, 5.74) is 0.712. The first kappa shape index (κ1) is 18.0. The van der Waals surface area contributed by atoms with Crippen molar-refractivity contribution in [3.8, 4) is 11.4 Å². The number of carbonyl (C=O) groups is 1. The van der Waals surface area contributed by atoms with Gasteiger partial charge in [-0.1, -0.05) is 6.92 Å². The maximum atomic E-state index is 13.0. The highest BCUT2D eigenvalue weighted by Gasteiger charge is 2.53. The van der Waals surface area contributed by atoms with Crippen molar-refractivity contribution in [2.24, 2.45) is 11.8 Å². The van der Waals surface area contributed by atoms with Gasteiger partial charge in [0.25, 0.3) is 0 Å². The van der Waals surface area contributed by atoms with E-state index < -0.39 is 0 Å². The number of nitrogens with zero attached hydrogens (tertiary/aromatic N) is 4. The lowest BCUT2D eigenvalue weighted by atomic mass is 9.65. The van der Waals surface area contributed by atoms with Crippen molar-refractivity contribution in [1.82, 2.24) is 25.5 Å². The van der Waals surface area contributed by atoms with Gasteiger partial charge in [0.2, 0.25) is 11.7 Å². The number of aromatic nitrogens is 4. The van der Waals surface area contributed by atoms with E-state index in [0.29, 0.717) is 48.7 Å². The maximum Gasteiger partial charge on any atom is 0.220 e. The molecule has 0 bridgehead atoms. The Morgan fingerprint density at radius 1 is 1.37 bits per heavy atom. The summed E-state index contributed by atoms with van der Waals surface area (Å²) in [6.45, 7) is 3.47. The molecule has 2 fully saturated rings. The fourth-order valence-corrected chi connectivity index (χ4v) is 4.22. The molecular formula is C19H24FN5O2. The Balaban J connectivity index is 1.24. The Morgan fingerprint density at radius 2 is 2.19 bits per heavy atom. The third kappa shape index (κ3) is 3.71. The van der Waals surface area contributed by atoms with Crippen LogP contribution in [0.3, 0.4) is 0 Å². The van der Waals surface area contributed by atoms with Gasteiger partial charge in [0.1, 0.15) is 5.82 Å². The quantitative estimate of drug-likeness (QED) is 0.805. The van der Waals surface area contributed by atoms with Gasteiger partial charge >= 0.3 is 0 Å². The molecule has 7 nitrogen and oxygen atoms in total. The number of hydrogen-bond donors (Lipinski definition) is 1. The number of nitrogens with one attached hydrogen (secondary N) is 1. The summed E-state index contributed by atoms with van der Waals surface area (Å²) in [5.74, 6) is 1.14. The average Bonchev–Trinajstić information content (AvgIpc) is 3.29. The normalized spacial score (nSPS) is 26.4. The highest BCUT2D eigenvalue weighted by molar-refractivity contribution is 5.76. The van der Waals surface area contributed by atoms with Gasteiger partial charge in [-0.25, -0.2) is 4.39 Å². The second kappa shape index (κ2) is 7.72. The van der Waals surface area contributed by atoms with Crippen LogP contribution >= 0.6 is 0 Å². The third-order valence-electron chi connectivity index (χ3n) is 5.64. The lowest BCUT2D eigenvalue weighted by Gasteiger charge is -2.47. The van der Waals surface area contributed by atoms with E-state index >= 15 is 0 Å². The molecule has 1 aromatic heterocycles. The van der Waals surface area contributed by atoms with E-state index in [1.54, 1.807) is 12.1 Å². The Bertz CT molecular complexity index is 794. The van der Waals surface area contributed by atoms with Gasteiger partial charge in [-0.15, -0.1) is 10.2 Å². The summed E-state index contributed by atoms with van der Waals surface area (Å²) in [4.78, 5) is 13.8. The molecule has 1 saturated heterocycles. The zero-order valence-electron chi connectivity index (χ0n) is 15.3. The minimum Gasteiger partial charge on any atom is -0.377 e. The zero-order valence-corrected chi connectivity index (χ0v) is 15.3. The molecule has 4 atom stereocenters. The molecule has 1 aliphatic carbocycles. The molecular weight excluding hydrogens is 349 g/mol. The molecule has 2 heterocycles. The molecule has 1 amide bonds. The van der Waals surface area contributed by atoms with Crippen molar-refractivity contribution >= 4 is 5.91 Å². The van der Waals surface area contributed by atoms with E-state index in [-0.39, 0.29) is 17.8 Å². The number of carbonyl (C=O) groups excluding carboxylic acids is 1. The number of amides is 1.